The van der Waals surface area contributed by atoms with Crippen LogP contribution < -0.4 is 11.1 Å². The number of rotatable bonds is 3. The molecule has 136 valence electrons. The first-order valence-corrected chi connectivity index (χ1v) is 9.09. The van der Waals surface area contributed by atoms with Gasteiger partial charge in [0, 0.05) is 35.0 Å². The molecule has 0 radical (unpaired) electrons. The van der Waals surface area contributed by atoms with E-state index in [0.717, 1.165) is 39.3 Å². The first-order valence-electron chi connectivity index (χ1n) is 9.09. The van der Waals surface area contributed by atoms with E-state index in [0.29, 0.717) is 12.0 Å². The van der Waals surface area contributed by atoms with Gasteiger partial charge in [-0.05, 0) is 65.1 Å². The van der Waals surface area contributed by atoms with Gasteiger partial charge in [-0.2, -0.15) is 0 Å². The maximum atomic E-state index is 13.0. The number of carbonyl (C=O) groups is 1. The van der Waals surface area contributed by atoms with Crippen molar-refractivity contribution in [1.82, 2.24) is 9.55 Å². The molecule has 1 heterocycles. The fraction of sp³-hybridized carbons (Fsp3) is 0.0435. The normalized spacial score (nSPS) is 11.7. The van der Waals surface area contributed by atoms with Crippen molar-refractivity contribution in [3.05, 3.63) is 96.1 Å². The number of hydrogen-bond donors (Lipinski definition) is 2. The zero-order valence-electron chi connectivity index (χ0n) is 15.1. The van der Waals surface area contributed by atoms with Crippen molar-refractivity contribution < 1.29 is 4.79 Å². The minimum Gasteiger partial charge on any atom is -0.399 e. The number of nitrogens with one attached hydrogen (secondary N) is 1. The zero-order chi connectivity index (χ0) is 19.1. The first kappa shape index (κ1) is 16.3. The van der Waals surface area contributed by atoms with Gasteiger partial charge in [0.25, 0.3) is 5.91 Å². The average Bonchev–Trinajstić information content (AvgIpc) is 3.35. The standard InChI is InChI=1S/C23H18N4O/c24-16-7-8-19-15(11-16)12-22-20(19)5-2-6-21(22)23(28)26-17-3-1-4-18(13-17)27-10-9-25-14-27/h1-11,13-14H,12,24H2,(H,26,28). The van der Waals surface area contributed by atoms with Gasteiger partial charge in [0.2, 0.25) is 0 Å². The lowest BCUT2D eigenvalue weighted by molar-refractivity contribution is 0.102. The average molecular weight is 366 g/mol. The predicted octanol–water partition coefficient (Wildman–Crippen LogP) is 4.28. The number of hydrogen-bond acceptors (Lipinski definition) is 3. The maximum absolute atomic E-state index is 13.0. The number of nitrogens with zero attached hydrogens (tertiary/aromatic N) is 2. The lowest BCUT2D eigenvalue weighted by Gasteiger charge is -2.11. The highest BCUT2D eigenvalue weighted by molar-refractivity contribution is 6.07. The summed E-state index contributed by atoms with van der Waals surface area (Å²) in [4.78, 5) is 17.1. The highest BCUT2D eigenvalue weighted by Crippen LogP contribution is 2.39. The molecular formula is C23H18N4O. The highest BCUT2D eigenvalue weighted by atomic mass is 16.1. The Bertz CT molecular complexity index is 1200. The second-order valence-corrected chi connectivity index (χ2v) is 6.90. The van der Waals surface area contributed by atoms with Crippen LogP contribution in [0, 0.1) is 0 Å². The minimum atomic E-state index is -0.111. The molecule has 0 atom stereocenters. The van der Waals surface area contributed by atoms with Crippen molar-refractivity contribution in [3.63, 3.8) is 0 Å². The molecule has 0 aliphatic heterocycles. The van der Waals surface area contributed by atoms with Crippen molar-refractivity contribution in [1.29, 1.82) is 0 Å². The summed E-state index contributed by atoms with van der Waals surface area (Å²) in [6.45, 7) is 0. The van der Waals surface area contributed by atoms with Crippen LogP contribution in [0.4, 0.5) is 11.4 Å². The number of amides is 1. The largest absolute Gasteiger partial charge is 0.399 e. The van der Waals surface area contributed by atoms with Crippen molar-refractivity contribution >= 4 is 17.3 Å². The Balaban J connectivity index is 1.46. The topological polar surface area (TPSA) is 72.9 Å². The molecule has 28 heavy (non-hydrogen) atoms. The van der Waals surface area contributed by atoms with Crippen LogP contribution in [0.3, 0.4) is 0 Å². The molecule has 3 N–H and O–H groups in total. The van der Waals surface area contributed by atoms with E-state index in [1.807, 2.05) is 65.4 Å². The zero-order valence-corrected chi connectivity index (χ0v) is 15.1. The van der Waals surface area contributed by atoms with Gasteiger partial charge in [0.05, 0.1) is 6.33 Å². The number of aromatic nitrogens is 2. The monoisotopic (exact) mass is 366 g/mol. The van der Waals surface area contributed by atoms with Crippen LogP contribution in [0.25, 0.3) is 16.8 Å². The Hall–Kier alpha value is -3.86. The summed E-state index contributed by atoms with van der Waals surface area (Å²) in [6.07, 6.45) is 6.04. The second-order valence-electron chi connectivity index (χ2n) is 6.90. The molecule has 5 rings (SSSR count). The minimum absolute atomic E-state index is 0.111. The fourth-order valence-corrected chi connectivity index (χ4v) is 3.81. The molecule has 0 fully saturated rings. The van der Waals surface area contributed by atoms with E-state index < -0.39 is 0 Å². The lowest BCUT2D eigenvalue weighted by Crippen LogP contribution is -2.14. The Morgan fingerprint density at radius 3 is 2.79 bits per heavy atom. The van der Waals surface area contributed by atoms with Gasteiger partial charge in [-0.25, -0.2) is 4.98 Å². The van der Waals surface area contributed by atoms with E-state index in [4.69, 9.17) is 5.73 Å². The van der Waals surface area contributed by atoms with Crippen molar-refractivity contribution in [3.8, 4) is 16.8 Å². The summed E-state index contributed by atoms with van der Waals surface area (Å²) in [5.74, 6) is -0.111. The number of imidazole rings is 1. The van der Waals surface area contributed by atoms with E-state index >= 15 is 0 Å². The Morgan fingerprint density at radius 2 is 1.93 bits per heavy atom. The molecule has 1 aliphatic carbocycles. The molecule has 1 amide bonds. The lowest BCUT2D eigenvalue weighted by atomic mass is 10.0. The third-order valence-electron chi connectivity index (χ3n) is 5.11. The molecule has 5 heteroatoms. The van der Waals surface area contributed by atoms with E-state index in [2.05, 4.69) is 16.4 Å². The second kappa shape index (κ2) is 6.39. The van der Waals surface area contributed by atoms with Crippen molar-refractivity contribution in [2.45, 2.75) is 6.42 Å². The van der Waals surface area contributed by atoms with Gasteiger partial charge >= 0.3 is 0 Å². The maximum Gasteiger partial charge on any atom is 0.255 e. The van der Waals surface area contributed by atoms with Crippen LogP contribution in [-0.4, -0.2) is 15.5 Å². The molecule has 0 saturated heterocycles. The van der Waals surface area contributed by atoms with Crippen LogP contribution in [0.2, 0.25) is 0 Å². The number of carbonyl (C=O) groups excluding carboxylic acids is 1. The summed E-state index contributed by atoms with van der Waals surface area (Å²) in [6, 6.07) is 19.5. The van der Waals surface area contributed by atoms with E-state index in [1.165, 1.54) is 0 Å². The summed E-state index contributed by atoms with van der Waals surface area (Å²) < 4.78 is 1.90. The summed E-state index contributed by atoms with van der Waals surface area (Å²) in [5, 5.41) is 3.03. The molecule has 1 aliphatic rings. The summed E-state index contributed by atoms with van der Waals surface area (Å²) in [7, 11) is 0. The molecular weight excluding hydrogens is 348 g/mol. The molecule has 3 aromatic carbocycles. The Labute approximate surface area is 162 Å². The molecule has 0 unspecified atom stereocenters. The molecule has 4 aromatic rings. The quantitative estimate of drug-likeness (QED) is 0.468. The third-order valence-corrected chi connectivity index (χ3v) is 5.11. The van der Waals surface area contributed by atoms with Gasteiger partial charge < -0.3 is 15.6 Å². The number of fused-ring (bicyclic) bond motifs is 3. The SMILES string of the molecule is Nc1ccc2c(c1)Cc1c(C(=O)Nc3cccc(-n4ccnc4)c3)cccc1-2. The Morgan fingerprint density at radius 1 is 1.04 bits per heavy atom. The van der Waals surface area contributed by atoms with E-state index in [1.54, 1.807) is 12.5 Å². The number of anilines is 2. The molecule has 0 bridgehead atoms. The third kappa shape index (κ3) is 2.74. The van der Waals surface area contributed by atoms with Crippen LogP contribution in [0.5, 0.6) is 0 Å². The van der Waals surface area contributed by atoms with Crippen LogP contribution >= 0.6 is 0 Å². The number of nitrogen functional groups attached to an aromatic ring is 1. The number of nitrogens with two attached hydrogens (primary N) is 1. The summed E-state index contributed by atoms with van der Waals surface area (Å²) in [5.41, 5.74) is 13.5. The molecule has 0 spiro atoms. The van der Waals surface area contributed by atoms with Gasteiger partial charge in [-0.3, -0.25) is 4.79 Å². The van der Waals surface area contributed by atoms with E-state index in [-0.39, 0.29) is 5.91 Å². The van der Waals surface area contributed by atoms with Gasteiger partial charge in [0.1, 0.15) is 0 Å². The van der Waals surface area contributed by atoms with Crippen molar-refractivity contribution in [2.24, 2.45) is 0 Å². The molecule has 1 aromatic heterocycles. The fourth-order valence-electron chi connectivity index (χ4n) is 3.81. The molecule has 5 nitrogen and oxygen atoms in total. The molecule has 0 saturated carbocycles. The first-order chi connectivity index (χ1) is 13.7. The Kier molecular flexibility index (Phi) is 3.72. The van der Waals surface area contributed by atoms with Crippen LogP contribution in [-0.2, 0) is 6.42 Å². The van der Waals surface area contributed by atoms with Crippen LogP contribution in [0.15, 0.2) is 79.4 Å². The van der Waals surface area contributed by atoms with Crippen molar-refractivity contribution in [2.75, 3.05) is 11.1 Å². The van der Waals surface area contributed by atoms with Gasteiger partial charge in [0.15, 0.2) is 0 Å². The van der Waals surface area contributed by atoms with Gasteiger partial charge in [-0.1, -0.05) is 24.3 Å². The van der Waals surface area contributed by atoms with E-state index in [9.17, 15) is 4.79 Å². The van der Waals surface area contributed by atoms with Crippen LogP contribution in [0.1, 0.15) is 21.5 Å². The highest BCUT2D eigenvalue weighted by Gasteiger charge is 2.23. The number of benzene rings is 3. The van der Waals surface area contributed by atoms with Gasteiger partial charge in [-0.15, -0.1) is 0 Å². The smallest absolute Gasteiger partial charge is 0.255 e. The predicted molar refractivity (Wildman–Crippen MR) is 111 cm³/mol. The summed E-state index contributed by atoms with van der Waals surface area (Å²) >= 11 is 0.